The maximum atomic E-state index is 13.6. The van der Waals surface area contributed by atoms with E-state index in [1.807, 2.05) is 0 Å². The molecule has 2 aromatic carbocycles. The third-order valence-electron chi connectivity index (χ3n) is 4.87. The molecule has 1 N–H and O–H groups in total. The number of hydrogen-bond acceptors (Lipinski definition) is 4. The van der Waals surface area contributed by atoms with E-state index in [-0.39, 0.29) is 18.0 Å². The summed E-state index contributed by atoms with van der Waals surface area (Å²) >= 11 is 0. The van der Waals surface area contributed by atoms with Crippen LogP contribution in [0.2, 0.25) is 0 Å². The number of carbonyl (C=O) groups is 2. The molecule has 0 aliphatic carbocycles. The fraction of sp³-hybridized carbons (Fsp3) is 0.286. The van der Waals surface area contributed by atoms with Gasteiger partial charge in [-0.1, -0.05) is 6.07 Å². The van der Waals surface area contributed by atoms with Crippen molar-refractivity contribution in [1.29, 1.82) is 0 Å². The lowest BCUT2D eigenvalue weighted by atomic mass is 10.0. The average Bonchev–Trinajstić information content (AvgIpc) is 3.13. The first-order chi connectivity index (χ1) is 14.4. The van der Waals surface area contributed by atoms with Crippen LogP contribution in [0, 0.1) is 11.6 Å². The zero-order chi connectivity index (χ0) is 21.3. The summed E-state index contributed by atoms with van der Waals surface area (Å²) in [6, 6.07) is 9.35. The Kier molecular flexibility index (Phi) is 5.35. The highest BCUT2D eigenvalue weighted by Gasteiger charge is 2.39. The Balaban J connectivity index is 1.36. The number of likely N-dealkylation sites (tertiary alicyclic amines) is 1. The van der Waals surface area contributed by atoms with Crippen molar-refractivity contribution in [2.45, 2.75) is 25.5 Å². The molecule has 2 aliphatic rings. The van der Waals surface area contributed by atoms with Crippen LogP contribution in [-0.2, 0) is 4.79 Å². The van der Waals surface area contributed by atoms with Crippen molar-refractivity contribution >= 4 is 23.8 Å². The zero-order valence-corrected chi connectivity index (χ0v) is 16.2. The number of rotatable bonds is 4. The molecule has 1 fully saturated rings. The van der Waals surface area contributed by atoms with E-state index >= 15 is 0 Å². The Bertz CT molecular complexity index is 987. The van der Waals surface area contributed by atoms with Crippen LogP contribution < -0.4 is 10.1 Å². The minimum atomic E-state index is -0.691. The number of anilines is 1. The SMILES string of the molecule is CC(=O)Nc1cccc(OC2CN(C(=O)N3N=CC[C@H]3c3cc(F)cc(F)c3)C2)c1. The second kappa shape index (κ2) is 8.10. The van der Waals surface area contributed by atoms with E-state index in [1.54, 1.807) is 35.4 Å². The van der Waals surface area contributed by atoms with E-state index in [4.69, 9.17) is 4.74 Å². The van der Waals surface area contributed by atoms with Crippen LogP contribution in [0.25, 0.3) is 0 Å². The summed E-state index contributed by atoms with van der Waals surface area (Å²) in [5.74, 6) is -0.969. The van der Waals surface area contributed by atoms with Gasteiger partial charge in [-0.2, -0.15) is 5.10 Å². The Morgan fingerprint density at radius 1 is 1.13 bits per heavy atom. The summed E-state index contributed by atoms with van der Waals surface area (Å²) in [5, 5.41) is 8.03. The highest BCUT2D eigenvalue weighted by molar-refractivity contribution is 5.88. The van der Waals surface area contributed by atoms with E-state index in [2.05, 4.69) is 10.4 Å². The van der Waals surface area contributed by atoms with Crippen molar-refractivity contribution in [2.24, 2.45) is 5.10 Å². The maximum absolute atomic E-state index is 13.6. The number of halogens is 2. The van der Waals surface area contributed by atoms with Gasteiger partial charge in [0.15, 0.2) is 0 Å². The maximum Gasteiger partial charge on any atom is 0.341 e. The third-order valence-corrected chi connectivity index (χ3v) is 4.87. The average molecular weight is 414 g/mol. The lowest BCUT2D eigenvalue weighted by molar-refractivity contribution is -0.114. The molecule has 156 valence electrons. The summed E-state index contributed by atoms with van der Waals surface area (Å²) in [5.41, 5.74) is 0.991. The molecule has 0 radical (unpaired) electrons. The topological polar surface area (TPSA) is 74.2 Å². The lowest BCUT2D eigenvalue weighted by Gasteiger charge is -2.41. The van der Waals surface area contributed by atoms with Crippen LogP contribution in [0.4, 0.5) is 19.3 Å². The molecule has 2 aliphatic heterocycles. The fourth-order valence-electron chi connectivity index (χ4n) is 3.50. The normalized spacial score (nSPS) is 18.3. The van der Waals surface area contributed by atoms with Crippen molar-refractivity contribution in [3.05, 3.63) is 59.7 Å². The van der Waals surface area contributed by atoms with Crippen LogP contribution in [0.5, 0.6) is 5.75 Å². The first-order valence-corrected chi connectivity index (χ1v) is 9.50. The Morgan fingerprint density at radius 2 is 1.87 bits per heavy atom. The van der Waals surface area contributed by atoms with Crippen molar-refractivity contribution in [1.82, 2.24) is 9.91 Å². The summed E-state index contributed by atoms with van der Waals surface area (Å²) in [6.07, 6.45) is 1.75. The van der Waals surface area contributed by atoms with E-state index in [0.29, 0.717) is 36.5 Å². The number of carbonyl (C=O) groups excluding carboxylic acids is 2. The first-order valence-electron chi connectivity index (χ1n) is 9.50. The summed E-state index contributed by atoms with van der Waals surface area (Å²) in [6.45, 7) is 2.15. The van der Waals surface area contributed by atoms with Gasteiger partial charge in [-0.3, -0.25) is 4.79 Å². The molecule has 2 aromatic rings. The third kappa shape index (κ3) is 4.24. The van der Waals surface area contributed by atoms with Crippen LogP contribution in [-0.4, -0.2) is 47.3 Å². The molecule has 2 heterocycles. The summed E-state index contributed by atoms with van der Waals surface area (Å²) in [7, 11) is 0. The first kappa shape index (κ1) is 19.8. The number of hydrazone groups is 1. The molecule has 1 atom stereocenters. The highest BCUT2D eigenvalue weighted by atomic mass is 19.1. The predicted molar refractivity (Wildman–Crippen MR) is 106 cm³/mol. The predicted octanol–water partition coefficient (Wildman–Crippen LogP) is 3.54. The molecule has 4 rings (SSSR count). The molecule has 9 heteroatoms. The van der Waals surface area contributed by atoms with E-state index < -0.39 is 17.7 Å². The number of benzene rings is 2. The van der Waals surface area contributed by atoms with Gasteiger partial charge in [-0.25, -0.2) is 18.6 Å². The van der Waals surface area contributed by atoms with E-state index in [1.165, 1.54) is 24.1 Å². The van der Waals surface area contributed by atoms with Gasteiger partial charge in [-0.15, -0.1) is 0 Å². The zero-order valence-electron chi connectivity index (χ0n) is 16.2. The van der Waals surface area contributed by atoms with Gasteiger partial charge in [0.2, 0.25) is 5.91 Å². The van der Waals surface area contributed by atoms with Crippen molar-refractivity contribution in [3.63, 3.8) is 0 Å². The van der Waals surface area contributed by atoms with Crippen molar-refractivity contribution in [3.8, 4) is 5.75 Å². The van der Waals surface area contributed by atoms with Crippen LogP contribution in [0.3, 0.4) is 0 Å². The fourth-order valence-corrected chi connectivity index (χ4v) is 3.50. The Labute approximate surface area is 171 Å². The number of amides is 3. The van der Waals surface area contributed by atoms with Crippen molar-refractivity contribution < 1.29 is 23.1 Å². The largest absolute Gasteiger partial charge is 0.487 e. The van der Waals surface area contributed by atoms with E-state index in [9.17, 15) is 18.4 Å². The summed E-state index contributed by atoms with van der Waals surface area (Å²) in [4.78, 5) is 25.5. The molecular weight excluding hydrogens is 394 g/mol. The molecule has 30 heavy (non-hydrogen) atoms. The van der Waals surface area contributed by atoms with Crippen LogP contribution >= 0.6 is 0 Å². The molecule has 0 unspecified atom stereocenters. The second-order valence-corrected chi connectivity index (χ2v) is 7.23. The van der Waals surface area contributed by atoms with Gasteiger partial charge in [0.1, 0.15) is 23.5 Å². The Hall–Kier alpha value is -3.49. The minimum absolute atomic E-state index is 0.175. The van der Waals surface area contributed by atoms with Gasteiger partial charge in [0, 0.05) is 37.4 Å². The van der Waals surface area contributed by atoms with Crippen molar-refractivity contribution in [2.75, 3.05) is 18.4 Å². The number of ether oxygens (including phenoxy) is 1. The van der Waals surface area contributed by atoms with Gasteiger partial charge >= 0.3 is 6.03 Å². The molecule has 1 saturated heterocycles. The number of urea groups is 1. The molecule has 0 saturated carbocycles. The second-order valence-electron chi connectivity index (χ2n) is 7.23. The Morgan fingerprint density at radius 3 is 2.57 bits per heavy atom. The smallest absolute Gasteiger partial charge is 0.341 e. The molecule has 0 spiro atoms. The molecular formula is C21H20F2N4O3. The van der Waals surface area contributed by atoms with Gasteiger partial charge < -0.3 is 15.0 Å². The van der Waals surface area contributed by atoms with Crippen LogP contribution in [0.15, 0.2) is 47.6 Å². The quantitative estimate of drug-likeness (QED) is 0.832. The standard InChI is InChI=1S/C21H20F2N4O3/c1-13(28)25-17-3-2-4-18(10-17)30-19-11-26(12-19)21(29)27-20(5-6-24-27)14-7-15(22)9-16(23)8-14/h2-4,6-10,19-20H,5,11-12H2,1H3,(H,25,28)/t20-/m0/s1. The highest BCUT2D eigenvalue weighted by Crippen LogP contribution is 2.31. The van der Waals surface area contributed by atoms with Gasteiger partial charge in [0.05, 0.1) is 19.1 Å². The molecule has 7 nitrogen and oxygen atoms in total. The van der Waals surface area contributed by atoms with Gasteiger partial charge in [-0.05, 0) is 29.8 Å². The monoisotopic (exact) mass is 414 g/mol. The lowest BCUT2D eigenvalue weighted by Crippen LogP contribution is -2.58. The summed E-state index contributed by atoms with van der Waals surface area (Å²) < 4.78 is 33.0. The van der Waals surface area contributed by atoms with Gasteiger partial charge in [0.25, 0.3) is 0 Å². The molecule has 3 amide bonds. The number of nitrogens with one attached hydrogen (secondary N) is 1. The number of hydrogen-bond donors (Lipinski definition) is 1. The van der Waals surface area contributed by atoms with E-state index in [0.717, 1.165) is 6.07 Å². The van der Waals surface area contributed by atoms with Crippen LogP contribution in [0.1, 0.15) is 24.9 Å². The minimum Gasteiger partial charge on any atom is -0.487 e. The molecule has 0 bridgehead atoms. The number of nitrogens with zero attached hydrogens (tertiary/aromatic N) is 3. The molecule has 0 aromatic heterocycles.